The van der Waals surface area contributed by atoms with Gasteiger partial charge in [0.05, 0.1) is 29.2 Å². The van der Waals surface area contributed by atoms with Crippen LogP contribution in [-0.2, 0) is 31.8 Å². The molecule has 1 atom stereocenters. The number of halogens is 4. The van der Waals surface area contributed by atoms with Crippen LogP contribution in [-0.4, -0.2) is 52.7 Å². The number of amides is 3. The van der Waals surface area contributed by atoms with Gasteiger partial charge < -0.3 is 20.3 Å². The number of likely N-dealkylation sites (N-methyl/N-ethyl adjacent to an activating group) is 1. The Labute approximate surface area is 250 Å². The van der Waals surface area contributed by atoms with Crippen molar-refractivity contribution in [3.63, 3.8) is 0 Å². The van der Waals surface area contributed by atoms with Crippen LogP contribution in [0.1, 0.15) is 56.4 Å². The molecule has 0 bridgehead atoms. The molecule has 0 spiro atoms. The molecule has 15 heteroatoms. The second-order valence-electron chi connectivity index (χ2n) is 10.1. The van der Waals surface area contributed by atoms with E-state index in [1.807, 2.05) is 0 Å². The number of nitriles is 1. The van der Waals surface area contributed by atoms with Crippen LogP contribution in [0, 0.1) is 17.1 Å². The summed E-state index contributed by atoms with van der Waals surface area (Å²) in [5.74, 6) is -3.35. The van der Waals surface area contributed by atoms with Crippen molar-refractivity contribution >= 4 is 52.7 Å². The molecule has 1 saturated heterocycles. The fourth-order valence-electron chi connectivity index (χ4n) is 4.62. The van der Waals surface area contributed by atoms with E-state index in [1.165, 1.54) is 38.1 Å². The summed E-state index contributed by atoms with van der Waals surface area (Å²) < 4.78 is 55.9. The molecular formula is C28H28F4N6O4S. The minimum Gasteiger partial charge on any atom is -0.357 e. The van der Waals surface area contributed by atoms with Crippen molar-refractivity contribution in [3.05, 3.63) is 53.1 Å². The van der Waals surface area contributed by atoms with E-state index in [-0.39, 0.29) is 30.3 Å². The van der Waals surface area contributed by atoms with Crippen LogP contribution in [0.3, 0.4) is 0 Å². The molecule has 1 unspecified atom stereocenters. The summed E-state index contributed by atoms with van der Waals surface area (Å²) in [5.41, 5.74) is -3.97. The Morgan fingerprint density at radius 3 is 2.49 bits per heavy atom. The molecule has 1 aromatic heterocycles. The second kappa shape index (κ2) is 13.2. The maximum atomic E-state index is 15.2. The van der Waals surface area contributed by atoms with Gasteiger partial charge in [-0.05, 0) is 69.6 Å². The summed E-state index contributed by atoms with van der Waals surface area (Å²) in [6.07, 6.45) is -1.99. The van der Waals surface area contributed by atoms with Gasteiger partial charge in [-0.3, -0.25) is 24.3 Å². The number of alkyl halides is 3. The van der Waals surface area contributed by atoms with Crippen molar-refractivity contribution in [3.8, 4) is 6.07 Å². The molecule has 43 heavy (non-hydrogen) atoms. The van der Waals surface area contributed by atoms with Gasteiger partial charge in [-0.25, -0.2) is 4.39 Å². The summed E-state index contributed by atoms with van der Waals surface area (Å²) in [4.78, 5) is 54.6. The predicted octanol–water partition coefficient (Wildman–Crippen LogP) is 3.56. The molecule has 2 aromatic rings. The monoisotopic (exact) mass is 620 g/mol. The van der Waals surface area contributed by atoms with Crippen LogP contribution in [0.5, 0.6) is 0 Å². The van der Waals surface area contributed by atoms with Crippen LogP contribution in [0.15, 0.2) is 30.5 Å². The fraction of sp³-hybridized carbons (Fsp3) is 0.393. The topological polar surface area (TPSA) is 136 Å². The van der Waals surface area contributed by atoms with Gasteiger partial charge in [0.1, 0.15) is 23.4 Å². The Morgan fingerprint density at radius 2 is 1.93 bits per heavy atom. The number of nitrogens with one attached hydrogen (secondary N) is 2. The lowest BCUT2D eigenvalue weighted by Gasteiger charge is -2.29. The number of nitrogens with zero attached hydrogens (tertiary/aromatic N) is 4. The lowest BCUT2D eigenvalue weighted by Crippen LogP contribution is -2.45. The molecule has 3 rings (SSSR count). The standard InChI is InChI=1S/C28H28F4N6O4S/c1-27(2)25(42)37(20-12-9-16(14-33)22(23(20)29)28(30,31)32)26(43)38(27)18-11-10-17(35-15-18)6-4-8-21(40)36-19(7-5-13-39)24(41)34-3/h9-13,15,19H,4-8H2,1-3H3,(H,34,41)(H,36,40). The van der Waals surface area contributed by atoms with Gasteiger partial charge in [0.25, 0.3) is 5.91 Å². The van der Waals surface area contributed by atoms with Crippen molar-refractivity contribution in [2.45, 2.75) is 63.7 Å². The zero-order chi connectivity index (χ0) is 32.1. The fourth-order valence-corrected chi connectivity index (χ4v) is 5.13. The summed E-state index contributed by atoms with van der Waals surface area (Å²) in [7, 11) is 1.43. The number of hydrogen-bond acceptors (Lipinski definition) is 7. The van der Waals surface area contributed by atoms with E-state index in [0.717, 1.165) is 12.1 Å². The molecule has 0 saturated carbocycles. The molecular weight excluding hydrogens is 592 g/mol. The Morgan fingerprint density at radius 1 is 1.23 bits per heavy atom. The molecule has 1 fully saturated rings. The summed E-state index contributed by atoms with van der Waals surface area (Å²) in [6.45, 7) is 2.95. The first kappa shape index (κ1) is 33.1. The number of carbonyl (C=O) groups excluding carboxylic acids is 4. The van der Waals surface area contributed by atoms with E-state index in [1.54, 1.807) is 12.1 Å². The van der Waals surface area contributed by atoms with Crippen LogP contribution in [0.2, 0.25) is 0 Å². The molecule has 10 nitrogen and oxygen atoms in total. The number of aldehydes is 1. The third-order valence-corrected chi connectivity index (χ3v) is 7.17. The number of thiocarbonyl (C=S) groups is 1. The largest absolute Gasteiger partial charge is 0.420 e. The van der Waals surface area contributed by atoms with Gasteiger partial charge in [0.2, 0.25) is 11.8 Å². The number of hydrogen-bond donors (Lipinski definition) is 2. The molecule has 0 aliphatic carbocycles. The smallest absolute Gasteiger partial charge is 0.357 e. The molecule has 228 valence electrons. The van der Waals surface area contributed by atoms with E-state index in [4.69, 9.17) is 17.5 Å². The maximum absolute atomic E-state index is 15.2. The second-order valence-corrected chi connectivity index (χ2v) is 10.5. The quantitative estimate of drug-likeness (QED) is 0.221. The summed E-state index contributed by atoms with van der Waals surface area (Å²) in [6, 6.07) is 5.40. The average molecular weight is 621 g/mol. The highest BCUT2D eigenvalue weighted by Gasteiger charge is 2.52. The van der Waals surface area contributed by atoms with Gasteiger partial charge in [-0.2, -0.15) is 18.4 Å². The molecule has 1 aliphatic heterocycles. The van der Waals surface area contributed by atoms with Gasteiger partial charge in [0, 0.05) is 25.6 Å². The SMILES string of the molecule is CNC(=O)C(CCC=O)NC(=O)CCCc1ccc(N2C(=S)N(c3ccc(C#N)c(C(F)(F)F)c3F)C(=O)C2(C)C)cn1. The molecule has 3 amide bonds. The average Bonchev–Trinajstić information content (AvgIpc) is 3.12. The van der Waals surface area contributed by atoms with Crippen molar-refractivity contribution in [1.82, 2.24) is 15.6 Å². The van der Waals surface area contributed by atoms with Gasteiger partial charge >= 0.3 is 6.18 Å². The predicted molar refractivity (Wildman–Crippen MR) is 151 cm³/mol. The third kappa shape index (κ3) is 6.96. The lowest BCUT2D eigenvalue weighted by molar-refractivity contribution is -0.140. The van der Waals surface area contributed by atoms with Gasteiger partial charge in [0.15, 0.2) is 10.9 Å². The Bertz CT molecular complexity index is 1470. The number of carbonyl (C=O) groups is 4. The first-order valence-corrected chi connectivity index (χ1v) is 13.5. The maximum Gasteiger partial charge on any atom is 0.420 e. The minimum atomic E-state index is -5.19. The van der Waals surface area contributed by atoms with Crippen molar-refractivity contribution in [2.24, 2.45) is 0 Å². The number of rotatable bonds is 11. The van der Waals surface area contributed by atoms with E-state index in [0.29, 0.717) is 35.4 Å². The summed E-state index contributed by atoms with van der Waals surface area (Å²) >= 11 is 5.43. The first-order valence-electron chi connectivity index (χ1n) is 13.1. The number of anilines is 2. The lowest BCUT2D eigenvalue weighted by atomic mass is 10.0. The summed E-state index contributed by atoms with van der Waals surface area (Å²) in [5, 5.41) is 13.8. The van der Waals surface area contributed by atoms with E-state index in [9.17, 15) is 32.3 Å². The number of pyridine rings is 1. The van der Waals surface area contributed by atoms with Crippen LogP contribution in [0.4, 0.5) is 28.9 Å². The first-order chi connectivity index (χ1) is 20.2. The number of aryl methyl sites for hydroxylation is 1. The van der Waals surface area contributed by atoms with Gasteiger partial charge in [-0.15, -0.1) is 0 Å². The van der Waals surface area contributed by atoms with Crippen molar-refractivity contribution in [1.29, 1.82) is 5.26 Å². The van der Waals surface area contributed by atoms with Crippen LogP contribution >= 0.6 is 12.2 Å². The van der Waals surface area contributed by atoms with Crippen LogP contribution < -0.4 is 20.4 Å². The van der Waals surface area contributed by atoms with E-state index < -0.39 is 52.2 Å². The minimum absolute atomic E-state index is 0.0841. The molecule has 0 radical (unpaired) electrons. The Kier molecular flexibility index (Phi) is 10.2. The molecule has 1 aliphatic rings. The number of benzene rings is 1. The highest BCUT2D eigenvalue weighted by molar-refractivity contribution is 7.81. The number of aromatic nitrogens is 1. The van der Waals surface area contributed by atoms with Crippen molar-refractivity contribution < 1.29 is 36.7 Å². The highest BCUT2D eigenvalue weighted by Crippen LogP contribution is 2.41. The Hall–Kier alpha value is -4.45. The van der Waals surface area contributed by atoms with Gasteiger partial charge in [-0.1, -0.05) is 0 Å². The zero-order valence-electron chi connectivity index (χ0n) is 23.4. The highest BCUT2D eigenvalue weighted by atomic mass is 32.1. The Balaban J connectivity index is 1.75. The van der Waals surface area contributed by atoms with Crippen LogP contribution in [0.25, 0.3) is 0 Å². The molecule has 2 heterocycles. The molecule has 2 N–H and O–H groups in total. The van der Waals surface area contributed by atoms with E-state index >= 15 is 4.39 Å². The third-order valence-electron chi connectivity index (χ3n) is 6.81. The van der Waals surface area contributed by atoms with Crippen molar-refractivity contribution in [2.75, 3.05) is 16.8 Å². The zero-order valence-corrected chi connectivity index (χ0v) is 24.2. The van der Waals surface area contributed by atoms with E-state index in [2.05, 4.69) is 15.6 Å². The molecule has 1 aromatic carbocycles. The normalized spacial score (nSPS) is 15.2.